The number of halogens is 1. The number of rotatable bonds is 7. The number of amides is 1. The predicted molar refractivity (Wildman–Crippen MR) is 101 cm³/mol. The summed E-state index contributed by atoms with van der Waals surface area (Å²) in [6.45, 7) is -0.668. The molecule has 0 radical (unpaired) electrons. The molecule has 1 N–H and O–H groups in total. The van der Waals surface area contributed by atoms with E-state index < -0.39 is 35.1 Å². The number of benzene rings is 2. The summed E-state index contributed by atoms with van der Waals surface area (Å²) < 4.78 is 14.4. The molecule has 2 aromatic carbocycles. The zero-order valence-electron chi connectivity index (χ0n) is 15.3. The van der Waals surface area contributed by atoms with E-state index in [1.807, 2.05) is 0 Å². The van der Waals surface area contributed by atoms with Crippen LogP contribution >= 0.6 is 11.6 Å². The number of carbonyl (C=O) groups is 3. The SMILES string of the molecule is COC(=O)c1cc(C(=O)OCC(=O)Nc2ccc(OC)c(Cl)c2)cc([N+](=O)[O-])c1. The Morgan fingerprint density at radius 2 is 1.72 bits per heavy atom. The molecule has 0 unspecified atom stereocenters. The molecule has 2 rings (SSSR count). The number of nitrogens with one attached hydrogen (secondary N) is 1. The molecular formula is C18H15ClN2O8. The molecule has 29 heavy (non-hydrogen) atoms. The van der Waals surface area contributed by atoms with Crippen LogP contribution in [-0.4, -0.2) is 43.6 Å². The van der Waals surface area contributed by atoms with Gasteiger partial charge in [-0.2, -0.15) is 0 Å². The second kappa shape index (κ2) is 9.51. The van der Waals surface area contributed by atoms with Crippen molar-refractivity contribution in [1.29, 1.82) is 0 Å². The number of nitro groups is 1. The summed E-state index contributed by atoms with van der Waals surface area (Å²) in [6, 6.07) is 7.49. The van der Waals surface area contributed by atoms with Crippen molar-refractivity contribution in [3.63, 3.8) is 0 Å². The Balaban J connectivity index is 2.07. The van der Waals surface area contributed by atoms with Crippen molar-refractivity contribution in [3.05, 3.63) is 62.7 Å². The number of anilines is 1. The Bertz CT molecular complexity index is 976. The van der Waals surface area contributed by atoms with Crippen LogP contribution in [0, 0.1) is 10.1 Å². The highest BCUT2D eigenvalue weighted by Gasteiger charge is 2.20. The quantitative estimate of drug-likeness (QED) is 0.409. The van der Waals surface area contributed by atoms with E-state index in [9.17, 15) is 24.5 Å². The second-order valence-electron chi connectivity index (χ2n) is 5.49. The Kier molecular flexibility index (Phi) is 7.10. The topological polar surface area (TPSA) is 134 Å². The van der Waals surface area contributed by atoms with Crippen molar-refractivity contribution < 1.29 is 33.5 Å². The molecule has 0 atom stereocenters. The van der Waals surface area contributed by atoms with Gasteiger partial charge in [-0.3, -0.25) is 14.9 Å². The van der Waals surface area contributed by atoms with Gasteiger partial charge in [0.1, 0.15) is 5.75 Å². The fraction of sp³-hybridized carbons (Fsp3) is 0.167. The van der Waals surface area contributed by atoms with E-state index in [1.165, 1.54) is 19.2 Å². The van der Waals surface area contributed by atoms with E-state index >= 15 is 0 Å². The molecule has 0 bridgehead atoms. The third-order valence-corrected chi connectivity index (χ3v) is 3.85. The van der Waals surface area contributed by atoms with Crippen LogP contribution in [0.2, 0.25) is 5.02 Å². The van der Waals surface area contributed by atoms with Crippen molar-refractivity contribution in [2.75, 3.05) is 26.1 Å². The number of non-ortho nitro benzene ring substituents is 1. The van der Waals surface area contributed by atoms with E-state index in [1.54, 1.807) is 6.07 Å². The molecular weight excluding hydrogens is 408 g/mol. The van der Waals surface area contributed by atoms with Crippen LogP contribution in [0.3, 0.4) is 0 Å². The third kappa shape index (κ3) is 5.66. The van der Waals surface area contributed by atoms with Gasteiger partial charge in [-0.15, -0.1) is 0 Å². The molecule has 0 aliphatic carbocycles. The van der Waals surface area contributed by atoms with Crippen LogP contribution < -0.4 is 10.1 Å². The van der Waals surface area contributed by atoms with Gasteiger partial charge in [0.05, 0.1) is 35.3 Å². The van der Waals surface area contributed by atoms with Crippen LogP contribution in [0.5, 0.6) is 5.75 Å². The van der Waals surface area contributed by atoms with Crippen molar-refractivity contribution in [1.82, 2.24) is 0 Å². The van der Waals surface area contributed by atoms with Gasteiger partial charge in [0.25, 0.3) is 11.6 Å². The summed E-state index contributed by atoms with van der Waals surface area (Å²) in [7, 11) is 2.54. The minimum Gasteiger partial charge on any atom is -0.495 e. The molecule has 0 heterocycles. The largest absolute Gasteiger partial charge is 0.495 e. The van der Waals surface area contributed by atoms with E-state index in [2.05, 4.69) is 10.1 Å². The third-order valence-electron chi connectivity index (χ3n) is 3.56. The van der Waals surface area contributed by atoms with E-state index in [0.717, 1.165) is 25.3 Å². The van der Waals surface area contributed by atoms with Gasteiger partial charge in [0, 0.05) is 17.8 Å². The van der Waals surface area contributed by atoms with Crippen molar-refractivity contribution in [2.24, 2.45) is 0 Å². The molecule has 0 aromatic heterocycles. The van der Waals surface area contributed by atoms with E-state index in [-0.39, 0.29) is 16.1 Å². The summed E-state index contributed by atoms with van der Waals surface area (Å²) in [5.41, 5.74) is -0.636. The average Bonchev–Trinajstić information content (AvgIpc) is 2.71. The highest BCUT2D eigenvalue weighted by atomic mass is 35.5. The average molecular weight is 423 g/mol. The predicted octanol–water partition coefficient (Wildman–Crippen LogP) is 2.84. The molecule has 0 spiro atoms. The number of hydrogen-bond donors (Lipinski definition) is 1. The summed E-state index contributed by atoms with van der Waals surface area (Å²) in [5, 5.41) is 13.7. The zero-order valence-corrected chi connectivity index (χ0v) is 16.0. The summed E-state index contributed by atoms with van der Waals surface area (Å²) in [5.74, 6) is -2.14. The van der Waals surface area contributed by atoms with Crippen LogP contribution in [0.25, 0.3) is 0 Å². The molecule has 0 fully saturated rings. The van der Waals surface area contributed by atoms with Crippen molar-refractivity contribution in [2.45, 2.75) is 0 Å². The summed E-state index contributed by atoms with van der Waals surface area (Å²) in [4.78, 5) is 46.0. The van der Waals surface area contributed by atoms with Gasteiger partial charge in [-0.1, -0.05) is 11.6 Å². The highest BCUT2D eigenvalue weighted by Crippen LogP contribution is 2.27. The second-order valence-corrected chi connectivity index (χ2v) is 5.90. The Hall–Kier alpha value is -3.66. The molecule has 11 heteroatoms. The standard InChI is InChI=1S/C18H15ClN2O8/c1-27-15-4-3-12(8-14(15)19)20-16(22)9-29-18(24)11-5-10(17(23)28-2)6-13(7-11)21(25)26/h3-8H,9H2,1-2H3,(H,20,22). The fourth-order valence-electron chi connectivity index (χ4n) is 2.23. The lowest BCUT2D eigenvalue weighted by Gasteiger charge is -2.09. The number of methoxy groups -OCH3 is 2. The minimum atomic E-state index is -1.03. The number of carbonyl (C=O) groups excluding carboxylic acids is 3. The molecule has 10 nitrogen and oxygen atoms in total. The maximum Gasteiger partial charge on any atom is 0.338 e. The lowest BCUT2D eigenvalue weighted by atomic mass is 10.1. The van der Waals surface area contributed by atoms with Gasteiger partial charge < -0.3 is 19.5 Å². The van der Waals surface area contributed by atoms with Gasteiger partial charge in [0.2, 0.25) is 0 Å². The van der Waals surface area contributed by atoms with Gasteiger partial charge in [-0.05, 0) is 24.3 Å². The van der Waals surface area contributed by atoms with E-state index in [0.29, 0.717) is 11.4 Å². The molecule has 0 aliphatic heterocycles. The number of ether oxygens (including phenoxy) is 3. The first kappa shape index (κ1) is 21.6. The van der Waals surface area contributed by atoms with Gasteiger partial charge in [-0.25, -0.2) is 9.59 Å². The van der Waals surface area contributed by atoms with Crippen LogP contribution in [0.1, 0.15) is 20.7 Å². The maximum absolute atomic E-state index is 12.2. The maximum atomic E-state index is 12.2. The minimum absolute atomic E-state index is 0.203. The first-order valence-corrected chi connectivity index (χ1v) is 8.31. The first-order chi connectivity index (χ1) is 13.7. The molecule has 152 valence electrons. The first-order valence-electron chi connectivity index (χ1n) is 7.93. The molecule has 2 aromatic rings. The number of nitro benzene ring substituents is 1. The van der Waals surface area contributed by atoms with E-state index in [4.69, 9.17) is 21.1 Å². The normalized spacial score (nSPS) is 10.0. The van der Waals surface area contributed by atoms with Gasteiger partial charge in [0.15, 0.2) is 6.61 Å². The van der Waals surface area contributed by atoms with Crippen molar-refractivity contribution in [3.8, 4) is 5.75 Å². The Morgan fingerprint density at radius 1 is 1.07 bits per heavy atom. The molecule has 1 amide bonds. The molecule has 0 saturated heterocycles. The fourth-order valence-corrected chi connectivity index (χ4v) is 2.48. The zero-order chi connectivity index (χ0) is 21.6. The summed E-state index contributed by atoms with van der Waals surface area (Å²) >= 11 is 5.96. The number of nitrogens with zero attached hydrogens (tertiary/aromatic N) is 1. The van der Waals surface area contributed by atoms with Crippen LogP contribution in [0.15, 0.2) is 36.4 Å². The Labute approximate surface area is 169 Å². The lowest BCUT2D eigenvalue weighted by molar-refractivity contribution is -0.384. The number of hydrogen-bond acceptors (Lipinski definition) is 8. The lowest BCUT2D eigenvalue weighted by Crippen LogP contribution is -2.21. The summed E-state index contributed by atoms with van der Waals surface area (Å²) in [6.07, 6.45) is 0. The number of esters is 2. The highest BCUT2D eigenvalue weighted by molar-refractivity contribution is 6.32. The Morgan fingerprint density at radius 3 is 2.28 bits per heavy atom. The van der Waals surface area contributed by atoms with Crippen molar-refractivity contribution >= 4 is 40.8 Å². The molecule has 0 saturated carbocycles. The van der Waals surface area contributed by atoms with Gasteiger partial charge >= 0.3 is 11.9 Å². The smallest absolute Gasteiger partial charge is 0.338 e. The van der Waals surface area contributed by atoms with Crippen LogP contribution in [0.4, 0.5) is 11.4 Å². The monoisotopic (exact) mass is 422 g/mol. The molecule has 0 aliphatic rings. The van der Waals surface area contributed by atoms with Crippen LogP contribution in [-0.2, 0) is 14.3 Å².